The summed E-state index contributed by atoms with van der Waals surface area (Å²) in [5.74, 6) is 0.0795. The minimum atomic E-state index is -3.58. The van der Waals surface area contributed by atoms with Crippen molar-refractivity contribution in [3.63, 3.8) is 0 Å². The van der Waals surface area contributed by atoms with Gasteiger partial charge >= 0.3 is 0 Å². The third kappa shape index (κ3) is 19.0. The summed E-state index contributed by atoms with van der Waals surface area (Å²) >= 11 is 16.0. The van der Waals surface area contributed by atoms with Gasteiger partial charge in [-0.05, 0) is 94.1 Å². The van der Waals surface area contributed by atoms with E-state index in [2.05, 4.69) is 69.8 Å². The van der Waals surface area contributed by atoms with Crippen LogP contribution in [-0.4, -0.2) is 124 Å². The second-order valence-electron chi connectivity index (χ2n) is 13.6. The molecule has 61 heavy (non-hydrogen) atoms. The molecule has 4 aromatic carbocycles. The molecule has 2 amide bonds. The molecule has 2 aliphatic rings. The fourth-order valence-corrected chi connectivity index (χ4v) is 9.74. The number of hydrogen-bond donors (Lipinski definition) is 1. The first-order chi connectivity index (χ1) is 28.9. The van der Waals surface area contributed by atoms with Gasteiger partial charge in [0, 0.05) is 82.1 Å². The first-order valence-electron chi connectivity index (χ1n) is 19.7. The summed E-state index contributed by atoms with van der Waals surface area (Å²) in [4.78, 5) is 31.0. The smallest absolute Gasteiger partial charge is 0.261 e. The normalized spacial score (nSPS) is 16.6. The van der Waals surface area contributed by atoms with Gasteiger partial charge in [-0.15, -0.1) is 23.2 Å². The quantitative estimate of drug-likeness (QED) is 0.137. The fourth-order valence-electron chi connectivity index (χ4n) is 6.18. The third-order valence-corrected chi connectivity index (χ3v) is 13.7. The van der Waals surface area contributed by atoms with Crippen molar-refractivity contribution < 1.29 is 26.4 Å². The minimum Gasteiger partial charge on any atom is -0.336 e. The predicted octanol–water partition coefficient (Wildman–Crippen LogP) is 9.25. The molecule has 11 nitrogen and oxygen atoms in total. The Bertz CT molecular complexity index is 2140. The van der Waals surface area contributed by atoms with E-state index in [-0.39, 0.29) is 39.5 Å². The number of alkyl halides is 2. The average Bonchev–Trinajstić information content (AvgIpc) is 3.25. The van der Waals surface area contributed by atoms with Crippen molar-refractivity contribution in [2.75, 3.05) is 64.2 Å². The molecule has 0 aromatic heterocycles. The summed E-state index contributed by atoms with van der Waals surface area (Å²) < 4.78 is 50.1. The average molecular weight is 1070 g/mol. The number of benzene rings is 4. The first kappa shape index (κ1) is 54.6. The molecule has 0 radical (unpaired) electrons. The SMILES string of the molecule is CC1CN(C(=O)c2ccccc2)CCN1.CC1CN(C(=O)c2ccccc2)CCN1S(=O)(=O)c1cccc(Br)c1.CCN(CC)CC.ClCCl.O=S(=O)(Cl)c1cccc(Br)c1. The van der Waals surface area contributed by atoms with Crippen molar-refractivity contribution in [3.8, 4) is 0 Å². The Labute approximate surface area is 394 Å². The minimum absolute atomic E-state index is 0.0630. The zero-order valence-corrected chi connectivity index (χ0v) is 42.1. The van der Waals surface area contributed by atoms with E-state index in [9.17, 15) is 26.4 Å². The number of carbonyl (C=O) groups excluding carboxylic acids is 2. The van der Waals surface area contributed by atoms with Gasteiger partial charge in [0.2, 0.25) is 10.0 Å². The Morgan fingerprint density at radius 1 is 0.672 bits per heavy atom. The van der Waals surface area contributed by atoms with Crippen LogP contribution in [0, 0.1) is 0 Å². The van der Waals surface area contributed by atoms with Gasteiger partial charge in [0.05, 0.1) is 15.1 Å². The van der Waals surface area contributed by atoms with Gasteiger partial charge in [0.1, 0.15) is 0 Å². The number of amides is 2. The highest BCUT2D eigenvalue weighted by atomic mass is 79.9. The topological polar surface area (TPSA) is 127 Å². The largest absolute Gasteiger partial charge is 0.336 e. The maximum Gasteiger partial charge on any atom is 0.261 e. The maximum absolute atomic E-state index is 12.9. The van der Waals surface area contributed by atoms with Crippen LogP contribution in [0.4, 0.5) is 0 Å². The van der Waals surface area contributed by atoms with Crippen LogP contribution < -0.4 is 5.32 Å². The molecule has 18 heteroatoms. The number of halogens is 5. The molecule has 4 aromatic rings. The molecule has 2 fully saturated rings. The Balaban J connectivity index is 0.000000302. The van der Waals surface area contributed by atoms with E-state index in [0.29, 0.717) is 29.2 Å². The molecule has 2 saturated heterocycles. The number of hydrogen-bond acceptors (Lipinski definition) is 8. The standard InChI is InChI=1S/C18H19BrN2O3S.C12H16N2O.C6H4BrClO2S.C6H15N.CH2Cl2/c1-14-13-20(18(22)15-6-3-2-4-7-15)10-11-21(14)25(23,24)17-9-5-8-16(19)12-17;1-10-9-14(8-7-13-10)12(15)11-5-3-2-4-6-11;7-5-2-1-3-6(4-5)11(8,9)10;1-4-7(5-2)6-3;2-1-3/h2-9,12,14H,10-11,13H2,1H3;2-6,10,13H,7-9H2,1H3;1-4H;4-6H2,1-3H3;1H2. The summed E-state index contributed by atoms with van der Waals surface area (Å²) in [6.45, 7) is 17.6. The highest BCUT2D eigenvalue weighted by Gasteiger charge is 2.35. The van der Waals surface area contributed by atoms with E-state index < -0.39 is 19.1 Å². The van der Waals surface area contributed by atoms with Crippen LogP contribution in [0.15, 0.2) is 128 Å². The van der Waals surface area contributed by atoms with Gasteiger partial charge in [0.25, 0.3) is 20.9 Å². The molecule has 2 unspecified atom stereocenters. The highest BCUT2D eigenvalue weighted by Crippen LogP contribution is 2.25. The number of piperazine rings is 2. The van der Waals surface area contributed by atoms with Crippen LogP contribution >= 0.6 is 65.7 Å². The van der Waals surface area contributed by atoms with Crippen molar-refractivity contribution in [3.05, 3.63) is 129 Å². The van der Waals surface area contributed by atoms with Crippen LogP contribution in [0.3, 0.4) is 0 Å². The van der Waals surface area contributed by atoms with Gasteiger partial charge in [-0.2, -0.15) is 4.31 Å². The summed E-state index contributed by atoms with van der Waals surface area (Å²) in [7, 11) is -2.08. The van der Waals surface area contributed by atoms with Crippen LogP contribution in [0.2, 0.25) is 0 Å². The van der Waals surface area contributed by atoms with Gasteiger partial charge in [-0.25, -0.2) is 16.8 Å². The molecule has 6 rings (SSSR count). The second kappa shape index (κ2) is 28.3. The molecule has 2 aliphatic heterocycles. The molecule has 336 valence electrons. The van der Waals surface area contributed by atoms with Crippen molar-refractivity contribution in [2.45, 2.75) is 56.5 Å². The summed E-state index contributed by atoms with van der Waals surface area (Å²) in [5.41, 5.74) is 1.41. The van der Waals surface area contributed by atoms with Crippen LogP contribution in [0.25, 0.3) is 0 Å². The Morgan fingerprint density at radius 3 is 1.49 bits per heavy atom. The van der Waals surface area contributed by atoms with Gasteiger partial charge < -0.3 is 20.0 Å². The Morgan fingerprint density at radius 2 is 1.11 bits per heavy atom. The van der Waals surface area contributed by atoms with Gasteiger partial charge in [-0.3, -0.25) is 9.59 Å². The molecule has 1 N–H and O–H groups in total. The van der Waals surface area contributed by atoms with E-state index >= 15 is 0 Å². The lowest BCUT2D eigenvalue weighted by Gasteiger charge is -2.39. The number of carbonyl (C=O) groups is 2. The summed E-state index contributed by atoms with van der Waals surface area (Å²) in [6, 6.07) is 31.6. The monoisotopic (exact) mass is 1070 g/mol. The van der Waals surface area contributed by atoms with E-state index in [0.717, 1.165) is 29.7 Å². The Hall–Kier alpha value is -2.57. The highest BCUT2D eigenvalue weighted by molar-refractivity contribution is 9.10. The van der Waals surface area contributed by atoms with E-state index in [4.69, 9.17) is 33.9 Å². The fraction of sp³-hybridized carbons (Fsp3) is 0.395. The number of rotatable bonds is 8. The molecule has 2 atom stereocenters. The van der Waals surface area contributed by atoms with E-state index in [1.165, 1.54) is 36.1 Å². The molecule has 0 saturated carbocycles. The number of nitrogens with one attached hydrogen (secondary N) is 1. The van der Waals surface area contributed by atoms with Crippen molar-refractivity contribution in [1.29, 1.82) is 0 Å². The summed E-state index contributed by atoms with van der Waals surface area (Å²) in [5, 5.41) is 3.52. The number of nitrogens with zero attached hydrogens (tertiary/aromatic N) is 4. The number of sulfonamides is 1. The lowest BCUT2D eigenvalue weighted by Crippen LogP contribution is -2.55. The zero-order chi connectivity index (χ0) is 45.6. The van der Waals surface area contributed by atoms with Crippen LogP contribution in [-0.2, 0) is 19.1 Å². The molecule has 0 aliphatic carbocycles. The molecule has 0 bridgehead atoms. The summed E-state index contributed by atoms with van der Waals surface area (Å²) in [6.07, 6.45) is 0. The van der Waals surface area contributed by atoms with E-state index in [1.54, 1.807) is 53.4 Å². The third-order valence-electron chi connectivity index (χ3n) is 9.37. The second-order valence-corrected chi connectivity index (χ2v) is 20.7. The maximum atomic E-state index is 12.9. The first-order valence-corrected chi connectivity index (χ1v) is 26.1. The molecule has 2 heterocycles. The van der Waals surface area contributed by atoms with Crippen molar-refractivity contribution in [2.24, 2.45) is 0 Å². The lowest BCUT2D eigenvalue weighted by atomic mass is 10.1. The molecule has 0 spiro atoms. The van der Waals surface area contributed by atoms with Crippen molar-refractivity contribution in [1.82, 2.24) is 24.3 Å². The lowest BCUT2D eigenvalue weighted by molar-refractivity contribution is 0.0641. The van der Waals surface area contributed by atoms with Crippen molar-refractivity contribution >= 4 is 96.6 Å². The Kier molecular flexibility index (Phi) is 25.3. The van der Waals surface area contributed by atoms with Crippen LogP contribution in [0.1, 0.15) is 55.3 Å². The molecular weight excluding hydrogens is 1010 g/mol. The van der Waals surface area contributed by atoms with E-state index in [1.807, 2.05) is 60.4 Å². The van der Waals surface area contributed by atoms with Gasteiger partial charge in [-0.1, -0.05) is 101 Å². The van der Waals surface area contributed by atoms with Crippen LogP contribution in [0.5, 0.6) is 0 Å². The molecular formula is C43H56Br2Cl3N5O6S2. The van der Waals surface area contributed by atoms with Gasteiger partial charge in [0.15, 0.2) is 0 Å². The zero-order valence-electron chi connectivity index (χ0n) is 35.1. The predicted molar refractivity (Wildman–Crippen MR) is 257 cm³/mol.